The van der Waals surface area contributed by atoms with Crippen molar-refractivity contribution in [2.24, 2.45) is 5.92 Å². The van der Waals surface area contributed by atoms with Gasteiger partial charge in [0.25, 0.3) is 5.91 Å². The minimum Gasteiger partial charge on any atom is -0.396 e. The largest absolute Gasteiger partial charge is 0.396 e. The molecule has 0 spiro atoms. The molecule has 0 aromatic carbocycles. The van der Waals surface area contributed by atoms with Crippen LogP contribution in [0.15, 0.2) is 6.20 Å². The van der Waals surface area contributed by atoms with Crippen LogP contribution in [0.3, 0.4) is 0 Å². The number of nitrogens with one attached hydrogen (secondary N) is 2. The Hall–Kier alpha value is -1.47. The lowest BCUT2D eigenvalue weighted by Gasteiger charge is -2.26. The molecule has 1 aromatic rings. The average Bonchev–Trinajstić information content (AvgIpc) is 2.81. The summed E-state index contributed by atoms with van der Waals surface area (Å²) in [6.45, 7) is 4.51. The predicted molar refractivity (Wildman–Crippen MR) is 69.7 cm³/mol. The summed E-state index contributed by atoms with van der Waals surface area (Å²) >= 11 is 0. The summed E-state index contributed by atoms with van der Waals surface area (Å²) in [5.41, 5.74) is 0.353. The van der Waals surface area contributed by atoms with E-state index >= 15 is 0 Å². The number of carbonyl (C=O) groups is 1. The molecule has 1 aromatic heterocycles. The van der Waals surface area contributed by atoms with Crippen molar-refractivity contribution in [1.29, 1.82) is 0 Å². The summed E-state index contributed by atoms with van der Waals surface area (Å²) in [6.07, 6.45) is 3.33. The molecule has 7 nitrogen and oxygen atoms in total. The molecule has 106 valence electrons. The van der Waals surface area contributed by atoms with E-state index in [2.05, 4.69) is 20.9 Å². The van der Waals surface area contributed by atoms with Gasteiger partial charge >= 0.3 is 0 Å². The van der Waals surface area contributed by atoms with E-state index in [1.807, 2.05) is 6.92 Å². The molecule has 1 atom stereocenters. The molecule has 1 unspecified atom stereocenters. The molecular formula is C12H21N5O2. The Balaban J connectivity index is 1.83. The number of hydrogen-bond acceptors (Lipinski definition) is 5. The van der Waals surface area contributed by atoms with Crippen LogP contribution in [0, 0.1) is 5.92 Å². The van der Waals surface area contributed by atoms with E-state index in [-0.39, 0.29) is 12.5 Å². The van der Waals surface area contributed by atoms with Crippen molar-refractivity contribution in [1.82, 2.24) is 25.6 Å². The van der Waals surface area contributed by atoms with E-state index in [1.54, 1.807) is 10.9 Å². The second-order valence-corrected chi connectivity index (χ2v) is 4.89. The van der Waals surface area contributed by atoms with Crippen LogP contribution < -0.4 is 10.6 Å². The molecule has 0 radical (unpaired) electrons. The van der Waals surface area contributed by atoms with E-state index in [0.717, 1.165) is 19.5 Å². The van der Waals surface area contributed by atoms with E-state index in [9.17, 15) is 4.79 Å². The first-order chi connectivity index (χ1) is 9.24. The Morgan fingerprint density at radius 3 is 3.05 bits per heavy atom. The fourth-order valence-electron chi connectivity index (χ4n) is 1.98. The van der Waals surface area contributed by atoms with Gasteiger partial charge in [-0.1, -0.05) is 18.6 Å². The van der Waals surface area contributed by atoms with Gasteiger partial charge in [0, 0.05) is 26.2 Å². The van der Waals surface area contributed by atoms with Gasteiger partial charge in [-0.2, -0.15) is 0 Å². The highest BCUT2D eigenvalue weighted by molar-refractivity contribution is 5.91. The van der Waals surface area contributed by atoms with Gasteiger partial charge in [0.1, 0.15) is 0 Å². The molecule has 2 heterocycles. The smallest absolute Gasteiger partial charge is 0.273 e. The summed E-state index contributed by atoms with van der Waals surface area (Å²) in [7, 11) is 0. The van der Waals surface area contributed by atoms with E-state index in [4.69, 9.17) is 5.11 Å². The molecule has 3 N–H and O–H groups in total. The minimum absolute atomic E-state index is 0.152. The third-order valence-corrected chi connectivity index (χ3v) is 3.54. The number of aromatic nitrogens is 3. The highest BCUT2D eigenvalue weighted by atomic mass is 16.3. The van der Waals surface area contributed by atoms with Crippen molar-refractivity contribution in [2.75, 3.05) is 26.2 Å². The predicted octanol–water partition coefficient (Wildman–Crippen LogP) is -0.439. The van der Waals surface area contributed by atoms with Crippen LogP contribution in [0.4, 0.5) is 0 Å². The lowest BCUT2D eigenvalue weighted by atomic mass is 10.0. The summed E-state index contributed by atoms with van der Waals surface area (Å²) in [6, 6.07) is 0.312. The van der Waals surface area contributed by atoms with Gasteiger partial charge in [0.15, 0.2) is 5.69 Å². The van der Waals surface area contributed by atoms with Gasteiger partial charge < -0.3 is 15.7 Å². The molecule has 1 aliphatic rings. The van der Waals surface area contributed by atoms with Gasteiger partial charge in [0.2, 0.25) is 0 Å². The van der Waals surface area contributed by atoms with E-state index in [0.29, 0.717) is 30.6 Å². The highest BCUT2D eigenvalue weighted by Crippen LogP contribution is 2.10. The van der Waals surface area contributed by atoms with Crippen LogP contribution in [0.1, 0.15) is 36.3 Å². The fraction of sp³-hybridized carbons (Fsp3) is 0.750. The van der Waals surface area contributed by atoms with Crippen molar-refractivity contribution in [2.45, 2.75) is 25.8 Å². The molecule has 19 heavy (non-hydrogen) atoms. The van der Waals surface area contributed by atoms with Crippen molar-refractivity contribution in [3.05, 3.63) is 11.9 Å². The molecule has 2 rings (SSSR count). The molecular weight excluding hydrogens is 246 g/mol. The number of carbonyl (C=O) groups excluding carboxylic acids is 1. The first-order valence-corrected chi connectivity index (χ1v) is 6.76. The Bertz CT molecular complexity index is 416. The number of amides is 1. The van der Waals surface area contributed by atoms with Crippen molar-refractivity contribution in [3.63, 3.8) is 0 Å². The zero-order valence-electron chi connectivity index (χ0n) is 11.2. The third-order valence-electron chi connectivity index (χ3n) is 3.54. The monoisotopic (exact) mass is 267 g/mol. The van der Waals surface area contributed by atoms with Gasteiger partial charge in [-0.25, -0.2) is 4.68 Å². The molecule has 0 saturated carbocycles. The Morgan fingerprint density at radius 2 is 2.47 bits per heavy atom. The maximum absolute atomic E-state index is 11.9. The second-order valence-electron chi connectivity index (χ2n) is 4.89. The SMILES string of the molecule is CCC(CCO)CNC(=O)c1cn(C2CNC2)nn1. The van der Waals surface area contributed by atoms with Crippen LogP contribution in [-0.4, -0.2) is 52.2 Å². The number of nitrogens with zero attached hydrogens (tertiary/aromatic N) is 3. The molecule has 0 aliphatic carbocycles. The lowest BCUT2D eigenvalue weighted by molar-refractivity contribution is 0.0938. The maximum atomic E-state index is 11.9. The third kappa shape index (κ3) is 3.51. The second kappa shape index (κ2) is 6.63. The van der Waals surface area contributed by atoms with Crippen LogP contribution in [0.25, 0.3) is 0 Å². The van der Waals surface area contributed by atoms with Crippen LogP contribution >= 0.6 is 0 Å². The molecule has 1 saturated heterocycles. The summed E-state index contributed by atoms with van der Waals surface area (Å²) in [5.74, 6) is 0.106. The topological polar surface area (TPSA) is 92.1 Å². The van der Waals surface area contributed by atoms with Gasteiger partial charge in [-0.05, 0) is 12.3 Å². The average molecular weight is 267 g/mol. The Kier molecular flexibility index (Phi) is 4.86. The molecule has 1 aliphatic heterocycles. The van der Waals surface area contributed by atoms with Gasteiger partial charge in [-0.3, -0.25) is 4.79 Å². The van der Waals surface area contributed by atoms with Crippen molar-refractivity contribution >= 4 is 5.91 Å². The summed E-state index contributed by atoms with van der Waals surface area (Å²) in [5, 5.41) is 22.8. The first kappa shape index (κ1) is 14.0. The molecule has 1 fully saturated rings. The molecule has 0 bridgehead atoms. The first-order valence-electron chi connectivity index (χ1n) is 6.76. The minimum atomic E-state index is -0.199. The van der Waals surface area contributed by atoms with Crippen LogP contribution in [-0.2, 0) is 0 Å². The normalized spacial score (nSPS) is 16.9. The van der Waals surface area contributed by atoms with Gasteiger partial charge in [-0.15, -0.1) is 5.10 Å². The Morgan fingerprint density at radius 1 is 1.68 bits per heavy atom. The van der Waals surface area contributed by atoms with Crippen molar-refractivity contribution in [3.8, 4) is 0 Å². The summed E-state index contributed by atoms with van der Waals surface area (Å²) < 4.78 is 1.73. The maximum Gasteiger partial charge on any atom is 0.273 e. The lowest BCUT2D eigenvalue weighted by Crippen LogP contribution is -2.43. The number of aliphatic hydroxyl groups is 1. The van der Waals surface area contributed by atoms with Crippen molar-refractivity contribution < 1.29 is 9.90 Å². The van der Waals surface area contributed by atoms with Crippen LogP contribution in [0.2, 0.25) is 0 Å². The number of rotatable bonds is 7. The zero-order valence-corrected chi connectivity index (χ0v) is 11.2. The standard InChI is InChI=1S/C12H21N5O2/c1-2-9(3-4-18)5-14-12(19)11-8-17(16-15-11)10-6-13-7-10/h8-10,13,18H,2-7H2,1H3,(H,14,19). The molecule has 1 amide bonds. The quantitative estimate of drug-likeness (QED) is 0.623. The van der Waals surface area contributed by atoms with Crippen LogP contribution in [0.5, 0.6) is 0 Å². The Labute approximate surface area is 112 Å². The van der Waals surface area contributed by atoms with E-state index < -0.39 is 0 Å². The zero-order chi connectivity index (χ0) is 13.7. The van der Waals surface area contributed by atoms with Gasteiger partial charge in [0.05, 0.1) is 12.2 Å². The summed E-state index contributed by atoms with van der Waals surface area (Å²) in [4.78, 5) is 11.9. The fourth-order valence-corrected chi connectivity index (χ4v) is 1.98. The number of aliphatic hydroxyl groups excluding tert-OH is 1. The molecule has 7 heteroatoms. The number of hydrogen-bond donors (Lipinski definition) is 3. The van der Waals surface area contributed by atoms with E-state index in [1.165, 1.54) is 0 Å². The highest BCUT2D eigenvalue weighted by Gasteiger charge is 2.21.